The van der Waals surface area contributed by atoms with Crippen LogP contribution < -0.4 is 9.88 Å². The average molecular weight is 301 g/mol. The number of hydrogen-bond acceptors (Lipinski definition) is 6. The maximum absolute atomic E-state index is 11.9. The number of esters is 1. The highest BCUT2D eigenvalue weighted by molar-refractivity contribution is 7.89. The van der Waals surface area contributed by atoms with Gasteiger partial charge in [0, 0.05) is 12.7 Å². The molecule has 7 nitrogen and oxygen atoms in total. The zero-order valence-corrected chi connectivity index (χ0v) is 11.7. The Kier molecular flexibility index (Phi) is 4.26. The molecule has 0 fully saturated rings. The SMILES string of the molecule is COCCOC(=O)C1COc2ccc(S(N)(=O)=O)cc21. The molecule has 1 unspecified atom stereocenters. The number of benzene rings is 1. The first-order chi connectivity index (χ1) is 9.43. The topological polar surface area (TPSA) is 105 Å². The molecule has 0 amide bonds. The molecule has 2 N–H and O–H groups in total. The molecule has 0 saturated heterocycles. The van der Waals surface area contributed by atoms with Crippen molar-refractivity contribution in [1.82, 2.24) is 0 Å². The molecule has 1 aliphatic rings. The zero-order valence-electron chi connectivity index (χ0n) is 10.9. The van der Waals surface area contributed by atoms with Crippen molar-refractivity contribution in [3.8, 4) is 5.75 Å². The van der Waals surface area contributed by atoms with Crippen LogP contribution in [0.2, 0.25) is 0 Å². The van der Waals surface area contributed by atoms with Gasteiger partial charge in [-0.05, 0) is 18.2 Å². The Morgan fingerprint density at radius 1 is 1.45 bits per heavy atom. The minimum Gasteiger partial charge on any atom is -0.492 e. The van der Waals surface area contributed by atoms with Gasteiger partial charge in [-0.25, -0.2) is 13.6 Å². The summed E-state index contributed by atoms with van der Waals surface area (Å²) >= 11 is 0. The van der Waals surface area contributed by atoms with Crippen LogP contribution in [0.4, 0.5) is 0 Å². The molecule has 0 bridgehead atoms. The molecule has 0 aliphatic carbocycles. The summed E-state index contributed by atoms with van der Waals surface area (Å²) in [5.41, 5.74) is 0.471. The van der Waals surface area contributed by atoms with Gasteiger partial charge >= 0.3 is 5.97 Å². The summed E-state index contributed by atoms with van der Waals surface area (Å²) in [6.45, 7) is 0.550. The Bertz CT molecular complexity index is 612. The second-order valence-electron chi connectivity index (χ2n) is 4.27. The van der Waals surface area contributed by atoms with E-state index < -0.39 is 21.9 Å². The van der Waals surface area contributed by atoms with Crippen molar-refractivity contribution in [2.75, 3.05) is 26.9 Å². The Labute approximate surface area is 116 Å². The number of fused-ring (bicyclic) bond motifs is 1. The van der Waals surface area contributed by atoms with E-state index in [9.17, 15) is 13.2 Å². The number of primary sulfonamides is 1. The molecular formula is C12H15NO6S. The first-order valence-corrected chi connectivity index (χ1v) is 7.43. The Hall–Kier alpha value is -1.64. The summed E-state index contributed by atoms with van der Waals surface area (Å²) in [6, 6.07) is 4.17. The van der Waals surface area contributed by atoms with E-state index in [0.717, 1.165) is 0 Å². The van der Waals surface area contributed by atoms with E-state index in [4.69, 9.17) is 19.3 Å². The van der Waals surface area contributed by atoms with E-state index in [1.165, 1.54) is 25.3 Å². The predicted octanol–water partition coefficient (Wildman–Crippen LogP) is -0.000400. The largest absolute Gasteiger partial charge is 0.492 e. The maximum atomic E-state index is 11.9. The fraction of sp³-hybridized carbons (Fsp3) is 0.417. The van der Waals surface area contributed by atoms with E-state index in [-0.39, 0.29) is 18.1 Å². The number of nitrogens with two attached hydrogens (primary N) is 1. The molecule has 1 atom stereocenters. The summed E-state index contributed by atoms with van der Waals surface area (Å²) in [6.07, 6.45) is 0. The van der Waals surface area contributed by atoms with Gasteiger partial charge in [0.15, 0.2) is 0 Å². The third-order valence-electron chi connectivity index (χ3n) is 2.91. The van der Waals surface area contributed by atoms with Gasteiger partial charge in [0.05, 0.1) is 11.5 Å². The van der Waals surface area contributed by atoms with Crippen molar-refractivity contribution in [2.24, 2.45) is 5.14 Å². The van der Waals surface area contributed by atoms with Crippen LogP contribution in [0.25, 0.3) is 0 Å². The Balaban J connectivity index is 2.20. The van der Waals surface area contributed by atoms with Crippen LogP contribution in [0, 0.1) is 0 Å². The van der Waals surface area contributed by atoms with Crippen molar-refractivity contribution in [1.29, 1.82) is 0 Å². The van der Waals surface area contributed by atoms with Gasteiger partial charge in [0.2, 0.25) is 10.0 Å². The third-order valence-corrected chi connectivity index (χ3v) is 3.82. The van der Waals surface area contributed by atoms with Gasteiger partial charge in [-0.15, -0.1) is 0 Å². The Morgan fingerprint density at radius 2 is 2.20 bits per heavy atom. The lowest BCUT2D eigenvalue weighted by Crippen LogP contribution is -2.19. The van der Waals surface area contributed by atoms with Crippen LogP contribution in [0.15, 0.2) is 23.1 Å². The quantitative estimate of drug-likeness (QED) is 0.606. The van der Waals surface area contributed by atoms with E-state index >= 15 is 0 Å². The standard InChI is InChI=1S/C12H15NO6S/c1-17-4-5-18-12(14)10-7-19-11-3-2-8(6-9(10)11)20(13,15)16/h2-3,6,10H,4-5,7H2,1H3,(H2,13,15,16). The zero-order chi connectivity index (χ0) is 14.8. The molecular weight excluding hydrogens is 286 g/mol. The highest BCUT2D eigenvalue weighted by Crippen LogP contribution is 2.36. The molecule has 1 aliphatic heterocycles. The molecule has 0 saturated carbocycles. The van der Waals surface area contributed by atoms with Gasteiger partial charge < -0.3 is 14.2 Å². The lowest BCUT2D eigenvalue weighted by molar-refractivity contribution is -0.146. The predicted molar refractivity (Wildman–Crippen MR) is 68.9 cm³/mol. The van der Waals surface area contributed by atoms with Crippen molar-refractivity contribution in [2.45, 2.75) is 10.8 Å². The molecule has 1 aromatic carbocycles. The van der Waals surface area contributed by atoms with E-state index in [1.54, 1.807) is 0 Å². The number of methoxy groups -OCH3 is 1. The van der Waals surface area contributed by atoms with Gasteiger partial charge in [-0.1, -0.05) is 0 Å². The maximum Gasteiger partial charge on any atom is 0.317 e. The van der Waals surface area contributed by atoms with Gasteiger partial charge in [-0.2, -0.15) is 0 Å². The van der Waals surface area contributed by atoms with Crippen LogP contribution in [0.5, 0.6) is 5.75 Å². The fourth-order valence-electron chi connectivity index (χ4n) is 1.89. The normalized spacial score (nSPS) is 17.4. The molecule has 0 spiro atoms. The van der Waals surface area contributed by atoms with E-state index in [2.05, 4.69) is 0 Å². The molecule has 110 valence electrons. The molecule has 20 heavy (non-hydrogen) atoms. The van der Waals surface area contributed by atoms with E-state index in [1.807, 2.05) is 0 Å². The van der Waals surface area contributed by atoms with Crippen molar-refractivity contribution < 1.29 is 27.4 Å². The molecule has 1 heterocycles. The summed E-state index contributed by atoms with van der Waals surface area (Å²) in [7, 11) is -2.32. The average Bonchev–Trinajstić information content (AvgIpc) is 2.80. The number of carbonyl (C=O) groups is 1. The second-order valence-corrected chi connectivity index (χ2v) is 5.83. The number of sulfonamides is 1. The minimum absolute atomic E-state index is 0.0589. The number of ether oxygens (including phenoxy) is 3. The van der Waals surface area contributed by atoms with Crippen LogP contribution in [-0.4, -0.2) is 41.3 Å². The Morgan fingerprint density at radius 3 is 2.85 bits per heavy atom. The van der Waals surface area contributed by atoms with E-state index in [0.29, 0.717) is 17.9 Å². The fourth-order valence-corrected chi connectivity index (χ4v) is 2.44. The minimum atomic E-state index is -3.82. The molecule has 2 rings (SSSR count). The van der Waals surface area contributed by atoms with Gasteiger partial charge in [-0.3, -0.25) is 4.79 Å². The molecule has 8 heteroatoms. The molecule has 1 aromatic rings. The monoisotopic (exact) mass is 301 g/mol. The summed E-state index contributed by atoms with van der Waals surface area (Å²) < 4.78 is 37.8. The van der Waals surface area contributed by atoms with Gasteiger partial charge in [0.25, 0.3) is 0 Å². The highest BCUT2D eigenvalue weighted by atomic mass is 32.2. The van der Waals surface area contributed by atoms with Gasteiger partial charge in [0.1, 0.15) is 24.9 Å². The first-order valence-electron chi connectivity index (χ1n) is 5.88. The van der Waals surface area contributed by atoms with Crippen molar-refractivity contribution in [3.05, 3.63) is 23.8 Å². The van der Waals surface area contributed by atoms with Crippen molar-refractivity contribution in [3.63, 3.8) is 0 Å². The molecule has 0 aromatic heterocycles. The lowest BCUT2D eigenvalue weighted by atomic mass is 10.0. The smallest absolute Gasteiger partial charge is 0.317 e. The molecule has 0 radical (unpaired) electrons. The van der Waals surface area contributed by atoms with Crippen molar-refractivity contribution >= 4 is 16.0 Å². The van der Waals surface area contributed by atoms with Crippen LogP contribution in [0.3, 0.4) is 0 Å². The van der Waals surface area contributed by atoms with Crippen LogP contribution in [0.1, 0.15) is 11.5 Å². The highest BCUT2D eigenvalue weighted by Gasteiger charge is 2.32. The summed E-state index contributed by atoms with van der Waals surface area (Å²) in [5.74, 6) is -0.665. The number of hydrogen-bond donors (Lipinski definition) is 1. The second kappa shape index (κ2) is 5.78. The summed E-state index contributed by atoms with van der Waals surface area (Å²) in [4.78, 5) is 11.8. The lowest BCUT2D eigenvalue weighted by Gasteiger charge is -2.09. The first kappa shape index (κ1) is 14.8. The number of carbonyl (C=O) groups excluding carboxylic acids is 1. The summed E-state index contributed by atoms with van der Waals surface area (Å²) in [5, 5.41) is 5.07. The van der Waals surface area contributed by atoms with Crippen LogP contribution >= 0.6 is 0 Å². The third kappa shape index (κ3) is 3.09. The number of rotatable bonds is 5. The van der Waals surface area contributed by atoms with Crippen LogP contribution in [-0.2, 0) is 24.3 Å².